The van der Waals surface area contributed by atoms with E-state index in [1.54, 1.807) is 0 Å². The van der Waals surface area contributed by atoms with Crippen molar-refractivity contribution in [3.63, 3.8) is 0 Å². The Kier molecular flexibility index (Phi) is 6.72. The topological polar surface area (TPSA) is 117 Å². The molecule has 2 N–H and O–H groups in total. The minimum atomic E-state index is -4.02. The average Bonchev–Trinajstić information content (AvgIpc) is 3.06. The van der Waals surface area contributed by atoms with E-state index in [-0.39, 0.29) is 17.6 Å². The maximum atomic E-state index is 12.7. The van der Waals surface area contributed by atoms with E-state index in [1.807, 2.05) is 45.0 Å². The van der Waals surface area contributed by atoms with Crippen LogP contribution in [0.15, 0.2) is 29.4 Å². The summed E-state index contributed by atoms with van der Waals surface area (Å²) in [5.74, 6) is -1.18. The van der Waals surface area contributed by atoms with Gasteiger partial charge in [-0.2, -0.15) is 0 Å². The van der Waals surface area contributed by atoms with Crippen molar-refractivity contribution >= 4 is 15.8 Å². The van der Waals surface area contributed by atoms with Crippen LogP contribution in [0.25, 0.3) is 0 Å². The first-order valence-corrected chi connectivity index (χ1v) is 10.4. The molecule has 0 saturated heterocycles. The van der Waals surface area contributed by atoms with Gasteiger partial charge in [0, 0.05) is 0 Å². The van der Waals surface area contributed by atoms with Crippen molar-refractivity contribution in [2.75, 3.05) is 12.9 Å². The highest BCUT2D eigenvalue weighted by Crippen LogP contribution is 2.24. The summed E-state index contributed by atoms with van der Waals surface area (Å²) in [6, 6.07) is 7.22. The lowest BCUT2D eigenvalue weighted by atomic mass is 9.99. The Bertz CT molecular complexity index is 891. The molecule has 0 bridgehead atoms. The molecular weight excluding hydrogens is 368 g/mol. The van der Waals surface area contributed by atoms with Crippen LogP contribution >= 0.6 is 0 Å². The van der Waals surface area contributed by atoms with Crippen molar-refractivity contribution < 1.29 is 17.9 Å². The molecule has 0 radical (unpaired) electrons. The Morgan fingerprint density at radius 2 is 1.89 bits per heavy atom. The first-order valence-electron chi connectivity index (χ1n) is 8.73. The lowest BCUT2D eigenvalue weighted by Crippen LogP contribution is -2.26. The number of hydrogen-bond acceptors (Lipinski definition) is 7. The van der Waals surface area contributed by atoms with Gasteiger partial charge >= 0.3 is 5.97 Å². The molecule has 2 aromatic rings. The Balaban J connectivity index is 2.52. The zero-order valence-electron chi connectivity index (χ0n) is 16.0. The number of rotatable bonds is 8. The van der Waals surface area contributed by atoms with Crippen LogP contribution in [0.5, 0.6) is 0 Å². The molecule has 27 heavy (non-hydrogen) atoms. The molecular formula is C18H26N4O4S. The lowest BCUT2D eigenvalue weighted by Gasteiger charge is -2.19. The van der Waals surface area contributed by atoms with E-state index in [1.165, 1.54) is 4.57 Å². The number of nitrogens with zero attached hydrogens (tertiary/aromatic N) is 3. The van der Waals surface area contributed by atoms with E-state index >= 15 is 0 Å². The Morgan fingerprint density at radius 1 is 1.26 bits per heavy atom. The monoisotopic (exact) mass is 394 g/mol. The molecule has 1 aromatic heterocycles. The number of carbonyl (C=O) groups excluding carboxylic acids is 1. The average molecular weight is 394 g/mol. The van der Waals surface area contributed by atoms with Crippen LogP contribution in [0.3, 0.4) is 0 Å². The zero-order chi connectivity index (χ0) is 20.2. The van der Waals surface area contributed by atoms with Crippen LogP contribution in [0.2, 0.25) is 0 Å². The van der Waals surface area contributed by atoms with E-state index in [0.29, 0.717) is 5.82 Å². The van der Waals surface area contributed by atoms with Gasteiger partial charge in [0.25, 0.3) is 5.16 Å². The number of hydrogen-bond donors (Lipinski definition) is 1. The maximum Gasteiger partial charge on any atom is 0.321 e. The molecule has 148 valence electrons. The molecule has 0 saturated carbocycles. The second-order valence-electron chi connectivity index (χ2n) is 6.66. The van der Waals surface area contributed by atoms with Crippen LogP contribution in [0, 0.1) is 12.8 Å². The summed E-state index contributed by atoms with van der Waals surface area (Å²) in [4.78, 5) is 11.5. The molecule has 0 aliphatic rings. The quantitative estimate of drug-likeness (QED) is 0.676. The van der Waals surface area contributed by atoms with Crippen molar-refractivity contribution in [3.05, 3.63) is 41.2 Å². The van der Waals surface area contributed by atoms with Crippen LogP contribution < -0.4 is 5.73 Å². The van der Waals surface area contributed by atoms with Gasteiger partial charge in [0.05, 0.1) is 19.7 Å². The molecule has 2 atom stereocenters. The van der Waals surface area contributed by atoms with E-state index in [9.17, 15) is 13.2 Å². The molecule has 0 unspecified atom stereocenters. The Labute approximate surface area is 159 Å². The first-order chi connectivity index (χ1) is 12.7. The van der Waals surface area contributed by atoms with E-state index < -0.39 is 27.6 Å². The fraction of sp³-hybridized carbons (Fsp3) is 0.500. The Morgan fingerprint density at radius 3 is 2.44 bits per heavy atom. The van der Waals surface area contributed by atoms with Gasteiger partial charge in [-0.15, -0.1) is 10.2 Å². The number of sulfone groups is 1. The van der Waals surface area contributed by atoms with Gasteiger partial charge in [-0.25, -0.2) is 8.42 Å². The minimum absolute atomic E-state index is 0.0853. The number of nitrogens with two attached hydrogens (primary N) is 1. The van der Waals surface area contributed by atoms with Crippen molar-refractivity contribution in [1.82, 2.24) is 14.8 Å². The van der Waals surface area contributed by atoms with Gasteiger partial charge in [0.2, 0.25) is 9.84 Å². The Hall–Kier alpha value is -2.26. The van der Waals surface area contributed by atoms with Crippen molar-refractivity contribution in [3.8, 4) is 0 Å². The fourth-order valence-corrected chi connectivity index (χ4v) is 3.80. The third-order valence-corrected chi connectivity index (χ3v) is 6.05. The summed E-state index contributed by atoms with van der Waals surface area (Å²) in [5, 5.41) is 7.64. The molecule has 2 rings (SSSR count). The molecule has 0 spiro atoms. The van der Waals surface area contributed by atoms with Gasteiger partial charge < -0.3 is 10.5 Å². The summed E-state index contributed by atoms with van der Waals surface area (Å²) in [6.07, 6.45) is 0.808. The predicted octanol–water partition coefficient (Wildman–Crippen LogP) is 1.63. The van der Waals surface area contributed by atoms with Crippen molar-refractivity contribution in [2.45, 2.75) is 44.9 Å². The second kappa shape index (κ2) is 8.62. The molecule has 0 aliphatic heterocycles. The third kappa shape index (κ3) is 4.92. The number of aryl methyl sites for hydroxylation is 1. The number of ether oxygens (including phenoxy) is 1. The summed E-state index contributed by atoms with van der Waals surface area (Å²) in [6.45, 7) is 6.18. The summed E-state index contributed by atoms with van der Waals surface area (Å²) >= 11 is 0. The number of benzene rings is 1. The van der Waals surface area contributed by atoms with Crippen LogP contribution in [-0.2, 0) is 25.9 Å². The van der Waals surface area contributed by atoms with Gasteiger partial charge in [-0.3, -0.25) is 9.36 Å². The molecule has 8 nitrogen and oxygen atoms in total. The predicted molar refractivity (Wildman–Crippen MR) is 101 cm³/mol. The highest BCUT2D eigenvalue weighted by molar-refractivity contribution is 7.91. The number of methoxy groups -OCH3 is 1. The summed E-state index contributed by atoms with van der Waals surface area (Å²) in [5.41, 5.74) is 8.28. The SMILES string of the molecule is CC[C@H](C)[C@@H](N)c1nnc(S(=O)(=O)CC(=O)OC)n1Cc1ccc(C)cc1. The number of aromatic nitrogens is 3. The normalized spacial score (nSPS) is 14.0. The molecule has 0 fully saturated rings. The molecule has 0 amide bonds. The molecule has 0 aliphatic carbocycles. The zero-order valence-corrected chi connectivity index (χ0v) is 16.9. The van der Waals surface area contributed by atoms with Crippen LogP contribution in [0.1, 0.15) is 43.3 Å². The van der Waals surface area contributed by atoms with Crippen LogP contribution in [0.4, 0.5) is 0 Å². The largest absolute Gasteiger partial charge is 0.468 e. The third-order valence-electron chi connectivity index (χ3n) is 4.58. The van der Waals surface area contributed by atoms with Crippen molar-refractivity contribution in [2.24, 2.45) is 11.7 Å². The van der Waals surface area contributed by atoms with E-state index in [2.05, 4.69) is 14.9 Å². The second-order valence-corrected chi connectivity index (χ2v) is 8.54. The maximum absolute atomic E-state index is 12.7. The van der Waals surface area contributed by atoms with Crippen LogP contribution in [-0.4, -0.2) is 42.0 Å². The molecule has 1 aromatic carbocycles. The highest BCUT2D eigenvalue weighted by Gasteiger charge is 2.30. The highest BCUT2D eigenvalue weighted by atomic mass is 32.2. The smallest absolute Gasteiger partial charge is 0.321 e. The fourth-order valence-electron chi connectivity index (χ4n) is 2.59. The molecule has 9 heteroatoms. The van der Waals surface area contributed by atoms with Gasteiger partial charge in [-0.1, -0.05) is 50.1 Å². The minimum Gasteiger partial charge on any atom is -0.468 e. The van der Waals surface area contributed by atoms with Crippen molar-refractivity contribution in [1.29, 1.82) is 0 Å². The van der Waals surface area contributed by atoms with Gasteiger partial charge in [0.1, 0.15) is 0 Å². The summed E-state index contributed by atoms with van der Waals surface area (Å²) < 4.78 is 31.3. The molecule has 1 heterocycles. The van der Waals surface area contributed by atoms with E-state index in [0.717, 1.165) is 24.7 Å². The lowest BCUT2D eigenvalue weighted by molar-refractivity contribution is -0.137. The van der Waals surface area contributed by atoms with Gasteiger partial charge in [0.15, 0.2) is 11.6 Å². The number of esters is 1. The van der Waals surface area contributed by atoms with E-state index in [4.69, 9.17) is 5.73 Å². The first kappa shape index (κ1) is 21.0. The standard InChI is InChI=1S/C18H26N4O4S/c1-5-13(3)16(19)17-20-21-18(27(24,25)11-15(23)26-4)22(17)10-14-8-6-12(2)7-9-14/h6-9,13,16H,5,10-11,19H2,1-4H3/t13-,16+/m0/s1. The summed E-state index contributed by atoms with van der Waals surface area (Å²) in [7, 11) is -2.88. The van der Waals surface area contributed by atoms with Gasteiger partial charge in [-0.05, 0) is 18.4 Å². The number of carbonyl (C=O) groups is 1.